The molecule has 0 bridgehead atoms. The molecule has 0 aromatic heterocycles. The highest BCUT2D eigenvalue weighted by Gasteiger charge is 2.32. The molecule has 1 aliphatic rings. The zero-order valence-electron chi connectivity index (χ0n) is 7.59. The predicted octanol–water partition coefficient (Wildman–Crippen LogP) is 2.87. The average molecular weight is 240 g/mol. The first-order valence-electron chi connectivity index (χ1n) is 4.71. The van der Waals surface area contributed by atoms with Crippen molar-refractivity contribution >= 4 is 15.9 Å². The van der Waals surface area contributed by atoms with Crippen LogP contribution in [0.3, 0.4) is 0 Å². The second-order valence-electron chi connectivity index (χ2n) is 4.02. The summed E-state index contributed by atoms with van der Waals surface area (Å²) in [6, 6.07) is 8.46. The topological polar surface area (TPSA) is 26.0 Å². The van der Waals surface area contributed by atoms with Gasteiger partial charge in [-0.2, -0.15) is 0 Å². The molecule has 1 nitrogen and oxygen atoms in total. The molecule has 1 aromatic rings. The maximum atomic E-state index is 6.16. The molecule has 1 saturated carbocycles. The summed E-state index contributed by atoms with van der Waals surface area (Å²) in [6.07, 6.45) is 4.69. The second-order valence-corrected chi connectivity index (χ2v) is 4.93. The highest BCUT2D eigenvalue weighted by Crippen LogP contribution is 2.32. The molecule has 1 fully saturated rings. The van der Waals surface area contributed by atoms with Crippen LogP contribution in [-0.4, -0.2) is 5.54 Å². The van der Waals surface area contributed by atoms with E-state index in [1.807, 2.05) is 0 Å². The van der Waals surface area contributed by atoms with Gasteiger partial charge in [0, 0.05) is 10.0 Å². The van der Waals surface area contributed by atoms with Crippen LogP contribution in [0, 0.1) is 0 Å². The normalized spacial score (nSPS) is 19.5. The third kappa shape index (κ3) is 2.12. The monoisotopic (exact) mass is 239 g/mol. The second kappa shape index (κ2) is 3.43. The molecule has 0 amide bonds. The molecule has 1 aromatic carbocycles. The van der Waals surface area contributed by atoms with Gasteiger partial charge in [0.1, 0.15) is 0 Å². The maximum Gasteiger partial charge on any atom is 0.0195 e. The van der Waals surface area contributed by atoms with Crippen molar-refractivity contribution in [2.45, 2.75) is 31.2 Å². The number of benzene rings is 1. The summed E-state index contributed by atoms with van der Waals surface area (Å²) < 4.78 is 1.14. The van der Waals surface area contributed by atoms with Crippen LogP contribution >= 0.6 is 15.9 Å². The van der Waals surface area contributed by atoms with Crippen molar-refractivity contribution < 1.29 is 0 Å². The molecule has 0 unspecified atom stereocenters. The van der Waals surface area contributed by atoms with E-state index in [0.29, 0.717) is 0 Å². The van der Waals surface area contributed by atoms with Gasteiger partial charge in [-0.05, 0) is 43.4 Å². The van der Waals surface area contributed by atoms with Crippen molar-refractivity contribution in [3.8, 4) is 0 Å². The van der Waals surface area contributed by atoms with Gasteiger partial charge in [-0.15, -0.1) is 0 Å². The molecular formula is C11H14BrN. The van der Waals surface area contributed by atoms with Gasteiger partial charge in [0.15, 0.2) is 0 Å². The summed E-state index contributed by atoms with van der Waals surface area (Å²) in [5.41, 5.74) is 7.62. The number of halogens is 1. The lowest BCUT2D eigenvalue weighted by atomic mass is 9.74. The third-order valence-corrected chi connectivity index (χ3v) is 3.35. The Morgan fingerprint density at radius 2 is 1.85 bits per heavy atom. The largest absolute Gasteiger partial charge is 0.325 e. The van der Waals surface area contributed by atoms with Gasteiger partial charge < -0.3 is 5.73 Å². The summed E-state index contributed by atoms with van der Waals surface area (Å²) in [5, 5.41) is 0. The van der Waals surface area contributed by atoms with E-state index in [9.17, 15) is 0 Å². The Bertz CT molecular complexity index is 287. The van der Waals surface area contributed by atoms with Crippen LogP contribution in [0.2, 0.25) is 0 Å². The lowest BCUT2D eigenvalue weighted by Crippen LogP contribution is -2.48. The Morgan fingerprint density at radius 1 is 1.23 bits per heavy atom. The molecule has 2 N–H and O–H groups in total. The zero-order valence-corrected chi connectivity index (χ0v) is 9.18. The summed E-state index contributed by atoms with van der Waals surface area (Å²) >= 11 is 3.42. The van der Waals surface area contributed by atoms with Crippen molar-refractivity contribution in [2.75, 3.05) is 0 Å². The molecule has 0 atom stereocenters. The summed E-state index contributed by atoms with van der Waals surface area (Å²) in [4.78, 5) is 0. The van der Waals surface area contributed by atoms with E-state index in [-0.39, 0.29) is 5.54 Å². The van der Waals surface area contributed by atoms with Gasteiger partial charge in [-0.3, -0.25) is 0 Å². The minimum absolute atomic E-state index is 0.105. The first kappa shape index (κ1) is 9.22. The van der Waals surface area contributed by atoms with E-state index >= 15 is 0 Å². The quantitative estimate of drug-likeness (QED) is 0.845. The molecule has 70 valence electrons. The van der Waals surface area contributed by atoms with Gasteiger partial charge in [0.05, 0.1) is 0 Å². The van der Waals surface area contributed by atoms with Gasteiger partial charge in [-0.1, -0.05) is 28.1 Å². The van der Waals surface area contributed by atoms with E-state index < -0.39 is 0 Å². The number of nitrogens with two attached hydrogens (primary N) is 1. The first-order valence-corrected chi connectivity index (χ1v) is 5.51. The van der Waals surface area contributed by atoms with Crippen molar-refractivity contribution in [2.24, 2.45) is 5.73 Å². The lowest BCUT2D eigenvalue weighted by Gasteiger charge is -2.38. The number of hydrogen-bond donors (Lipinski definition) is 1. The van der Waals surface area contributed by atoms with E-state index in [1.165, 1.54) is 24.8 Å². The first-order chi connectivity index (χ1) is 6.18. The summed E-state index contributed by atoms with van der Waals surface area (Å²) in [6.45, 7) is 0. The Hall–Kier alpha value is -0.340. The molecule has 0 saturated heterocycles. The highest BCUT2D eigenvalue weighted by molar-refractivity contribution is 9.10. The fourth-order valence-corrected chi connectivity index (χ4v) is 2.08. The Labute approximate surface area is 87.5 Å². The van der Waals surface area contributed by atoms with E-state index in [4.69, 9.17) is 5.73 Å². The van der Waals surface area contributed by atoms with Crippen LogP contribution in [0.5, 0.6) is 0 Å². The minimum Gasteiger partial charge on any atom is -0.325 e. The van der Waals surface area contributed by atoms with Crippen LogP contribution in [0.25, 0.3) is 0 Å². The smallest absolute Gasteiger partial charge is 0.0195 e. The van der Waals surface area contributed by atoms with Gasteiger partial charge in [-0.25, -0.2) is 0 Å². The van der Waals surface area contributed by atoms with Crippen molar-refractivity contribution in [1.82, 2.24) is 0 Å². The summed E-state index contributed by atoms with van der Waals surface area (Å²) in [7, 11) is 0. The Morgan fingerprint density at radius 3 is 2.31 bits per heavy atom. The van der Waals surface area contributed by atoms with Crippen molar-refractivity contribution in [3.05, 3.63) is 34.3 Å². The molecule has 1 aliphatic carbocycles. The van der Waals surface area contributed by atoms with Crippen molar-refractivity contribution in [3.63, 3.8) is 0 Å². The van der Waals surface area contributed by atoms with Gasteiger partial charge in [0.2, 0.25) is 0 Å². The van der Waals surface area contributed by atoms with Gasteiger partial charge in [0.25, 0.3) is 0 Å². The molecule has 0 spiro atoms. The zero-order chi connectivity index (χ0) is 9.31. The van der Waals surface area contributed by atoms with Crippen molar-refractivity contribution in [1.29, 1.82) is 0 Å². The summed E-state index contributed by atoms with van der Waals surface area (Å²) in [5.74, 6) is 0. The predicted molar refractivity (Wildman–Crippen MR) is 58.6 cm³/mol. The van der Waals surface area contributed by atoms with Crippen LogP contribution in [0.15, 0.2) is 28.7 Å². The number of rotatable bonds is 2. The lowest BCUT2D eigenvalue weighted by molar-refractivity contribution is 0.247. The van der Waals surface area contributed by atoms with E-state index in [2.05, 4.69) is 40.2 Å². The third-order valence-electron chi connectivity index (χ3n) is 2.82. The van der Waals surface area contributed by atoms with Crippen LogP contribution < -0.4 is 5.73 Å². The average Bonchev–Trinajstić information content (AvgIpc) is 2.06. The van der Waals surface area contributed by atoms with Crippen LogP contribution in [0.1, 0.15) is 24.8 Å². The van der Waals surface area contributed by atoms with Gasteiger partial charge >= 0.3 is 0 Å². The fourth-order valence-electron chi connectivity index (χ4n) is 1.82. The Kier molecular flexibility index (Phi) is 2.43. The molecule has 2 heteroatoms. The molecule has 13 heavy (non-hydrogen) atoms. The van der Waals surface area contributed by atoms with E-state index in [1.54, 1.807) is 0 Å². The standard InChI is InChI=1S/C11H14BrN/c12-10-4-2-9(3-5-10)8-11(13)6-1-7-11/h2-5H,1,6-8,13H2. The molecule has 0 radical (unpaired) electrons. The molecule has 2 rings (SSSR count). The highest BCUT2D eigenvalue weighted by atomic mass is 79.9. The fraction of sp³-hybridized carbons (Fsp3) is 0.455. The van der Waals surface area contributed by atoms with Crippen LogP contribution in [0.4, 0.5) is 0 Å². The Balaban J connectivity index is 2.05. The van der Waals surface area contributed by atoms with Crippen LogP contribution in [-0.2, 0) is 6.42 Å². The minimum atomic E-state index is 0.105. The number of hydrogen-bond acceptors (Lipinski definition) is 1. The molecule has 0 heterocycles. The SMILES string of the molecule is NC1(Cc2ccc(Br)cc2)CCC1. The van der Waals surface area contributed by atoms with E-state index in [0.717, 1.165) is 10.9 Å². The molecular weight excluding hydrogens is 226 g/mol. The maximum absolute atomic E-state index is 6.16. The molecule has 0 aliphatic heterocycles.